The van der Waals surface area contributed by atoms with Crippen molar-refractivity contribution in [2.75, 3.05) is 45.2 Å². The fourth-order valence-corrected chi connectivity index (χ4v) is 5.22. The number of benzene rings is 1. The summed E-state index contributed by atoms with van der Waals surface area (Å²) in [6, 6.07) is 5.51. The molecule has 1 aromatic heterocycles. The summed E-state index contributed by atoms with van der Waals surface area (Å²) in [5.41, 5.74) is 0.159. The van der Waals surface area contributed by atoms with Gasteiger partial charge >= 0.3 is 12.1 Å². The van der Waals surface area contributed by atoms with Crippen LogP contribution in [-0.2, 0) is 28.7 Å². The molecule has 1 aromatic carbocycles. The summed E-state index contributed by atoms with van der Waals surface area (Å²) in [6.07, 6.45) is -0.395. The zero-order valence-electron chi connectivity index (χ0n) is 27.6. The van der Waals surface area contributed by atoms with E-state index in [2.05, 4.69) is 31.9 Å². The lowest BCUT2D eigenvalue weighted by Crippen LogP contribution is -2.45. The van der Waals surface area contributed by atoms with Crippen molar-refractivity contribution in [3.63, 3.8) is 0 Å². The molecule has 262 valence electrons. The fourth-order valence-electron chi connectivity index (χ4n) is 4.10. The van der Waals surface area contributed by atoms with Crippen molar-refractivity contribution in [3.05, 3.63) is 51.7 Å². The molecular weight excluding hydrogens is 651 g/mol. The first-order valence-electron chi connectivity index (χ1n) is 14.9. The Bertz CT molecular complexity index is 1500. The minimum atomic E-state index is -0.787. The first kappa shape index (κ1) is 39.1. The van der Waals surface area contributed by atoms with Gasteiger partial charge in [-0.1, -0.05) is 19.1 Å². The van der Waals surface area contributed by atoms with E-state index in [-0.39, 0.29) is 34.1 Å². The lowest BCUT2D eigenvalue weighted by Gasteiger charge is -2.19. The van der Waals surface area contributed by atoms with Crippen LogP contribution >= 0.6 is 11.3 Å². The third kappa shape index (κ3) is 12.6. The normalized spacial score (nSPS) is 11.4. The van der Waals surface area contributed by atoms with Gasteiger partial charge in [0, 0.05) is 13.1 Å². The summed E-state index contributed by atoms with van der Waals surface area (Å²) in [5, 5.41) is 14.8. The highest BCUT2D eigenvalue weighted by atomic mass is 32.1. The molecule has 0 aliphatic carbocycles. The predicted octanol–water partition coefficient (Wildman–Crippen LogP) is 1.72. The molecule has 0 bridgehead atoms. The minimum absolute atomic E-state index is 0.00123. The maximum Gasteiger partial charge on any atom is 0.408 e. The minimum Gasteiger partial charge on any atom is -0.465 e. The number of amides is 6. The van der Waals surface area contributed by atoms with E-state index < -0.39 is 78.6 Å². The van der Waals surface area contributed by atoms with Crippen molar-refractivity contribution in [2.24, 2.45) is 0 Å². The Labute approximate surface area is 281 Å². The zero-order chi connectivity index (χ0) is 36.0. The van der Waals surface area contributed by atoms with Crippen molar-refractivity contribution in [1.29, 1.82) is 0 Å². The molecule has 2 rings (SSSR count). The monoisotopic (exact) mass is 692 g/mol. The number of halogens is 1. The van der Waals surface area contributed by atoms with Crippen LogP contribution in [0.5, 0.6) is 0 Å². The van der Waals surface area contributed by atoms with Crippen LogP contribution in [0.15, 0.2) is 24.3 Å². The zero-order valence-corrected chi connectivity index (χ0v) is 28.4. The Morgan fingerprint density at radius 3 is 1.92 bits per heavy atom. The number of alkyl carbamates (subject to hydrolysis) is 1. The van der Waals surface area contributed by atoms with E-state index in [4.69, 9.17) is 9.47 Å². The molecule has 1 unspecified atom stereocenters. The van der Waals surface area contributed by atoms with Crippen LogP contribution < -0.4 is 31.9 Å². The highest BCUT2D eigenvalue weighted by molar-refractivity contribution is 7.18. The largest absolute Gasteiger partial charge is 0.465 e. The predicted molar refractivity (Wildman–Crippen MR) is 174 cm³/mol. The van der Waals surface area contributed by atoms with Crippen molar-refractivity contribution in [3.8, 4) is 0 Å². The highest BCUT2D eigenvalue weighted by Gasteiger charge is 2.28. The van der Waals surface area contributed by atoms with Gasteiger partial charge in [0.05, 0.1) is 36.6 Å². The fraction of sp³-hybridized carbons (Fsp3) is 0.452. The van der Waals surface area contributed by atoms with E-state index in [9.17, 15) is 38.0 Å². The number of hydrogen-bond acceptors (Lipinski definition) is 10. The number of hydrogen-bond donors (Lipinski definition) is 6. The van der Waals surface area contributed by atoms with Gasteiger partial charge in [-0.05, 0) is 57.4 Å². The van der Waals surface area contributed by atoms with Gasteiger partial charge in [-0.15, -0.1) is 11.3 Å². The van der Waals surface area contributed by atoms with Crippen LogP contribution in [0.3, 0.4) is 0 Å². The number of anilines is 1. The maximum absolute atomic E-state index is 13.4. The van der Waals surface area contributed by atoms with Crippen LogP contribution in [0, 0.1) is 12.7 Å². The smallest absolute Gasteiger partial charge is 0.408 e. The molecule has 0 saturated carbocycles. The molecule has 0 aliphatic heterocycles. The van der Waals surface area contributed by atoms with Gasteiger partial charge in [0.2, 0.25) is 23.6 Å². The molecule has 6 N–H and O–H groups in total. The van der Waals surface area contributed by atoms with Gasteiger partial charge in [-0.2, -0.15) is 0 Å². The molecule has 15 nitrogen and oxygen atoms in total. The number of thiophene rings is 1. The molecule has 0 spiro atoms. The van der Waals surface area contributed by atoms with Crippen molar-refractivity contribution >= 4 is 57.9 Å². The van der Waals surface area contributed by atoms with Crippen LogP contribution in [0.25, 0.3) is 0 Å². The number of nitrogens with one attached hydrogen (secondary N) is 6. The van der Waals surface area contributed by atoms with E-state index >= 15 is 0 Å². The van der Waals surface area contributed by atoms with Crippen LogP contribution in [0.4, 0.5) is 14.2 Å². The number of rotatable bonds is 15. The molecule has 0 fully saturated rings. The molecule has 6 amide bonds. The van der Waals surface area contributed by atoms with Gasteiger partial charge in [0.15, 0.2) is 0 Å². The summed E-state index contributed by atoms with van der Waals surface area (Å²) in [7, 11) is 1.17. The molecule has 0 aliphatic rings. The number of ether oxygens (including phenoxy) is 2. The highest BCUT2D eigenvalue weighted by Crippen LogP contribution is 2.35. The van der Waals surface area contributed by atoms with Crippen LogP contribution in [0.2, 0.25) is 0 Å². The molecule has 0 radical (unpaired) electrons. The summed E-state index contributed by atoms with van der Waals surface area (Å²) >= 11 is 0.884. The topological polar surface area (TPSA) is 210 Å². The third-order valence-corrected chi connectivity index (χ3v) is 7.60. The second kappa shape index (κ2) is 18.3. The second-order valence-corrected chi connectivity index (χ2v) is 12.3. The summed E-state index contributed by atoms with van der Waals surface area (Å²) in [4.78, 5) is 86.3. The first-order valence-corrected chi connectivity index (χ1v) is 15.7. The Hall–Kier alpha value is -5.06. The van der Waals surface area contributed by atoms with Crippen molar-refractivity contribution in [2.45, 2.75) is 52.6 Å². The first-order chi connectivity index (χ1) is 22.6. The average Bonchev–Trinajstić information content (AvgIpc) is 3.35. The molecule has 1 heterocycles. The third-order valence-electron chi connectivity index (χ3n) is 6.39. The van der Waals surface area contributed by atoms with Crippen molar-refractivity contribution in [1.82, 2.24) is 26.6 Å². The van der Waals surface area contributed by atoms with Gasteiger partial charge in [-0.25, -0.2) is 14.0 Å². The maximum atomic E-state index is 13.4. The Morgan fingerprint density at radius 1 is 0.833 bits per heavy atom. The molecule has 17 heteroatoms. The average molecular weight is 693 g/mol. The number of carbonyl (C=O) groups is 7. The van der Waals surface area contributed by atoms with Crippen LogP contribution in [0.1, 0.15) is 71.2 Å². The van der Waals surface area contributed by atoms with E-state index in [0.717, 1.165) is 11.3 Å². The van der Waals surface area contributed by atoms with Crippen molar-refractivity contribution < 1.29 is 47.4 Å². The molecule has 1 atom stereocenters. The van der Waals surface area contributed by atoms with E-state index in [1.807, 2.05) is 0 Å². The van der Waals surface area contributed by atoms with Gasteiger partial charge < -0.3 is 41.4 Å². The van der Waals surface area contributed by atoms with E-state index in [0.29, 0.717) is 12.0 Å². The Kier molecular flexibility index (Phi) is 14.9. The Morgan fingerprint density at radius 2 is 1.38 bits per heavy atom. The van der Waals surface area contributed by atoms with Gasteiger partial charge in [-0.3, -0.25) is 24.0 Å². The summed E-state index contributed by atoms with van der Waals surface area (Å²) in [6.45, 7) is 7.08. The van der Waals surface area contributed by atoms with Gasteiger partial charge in [0.25, 0.3) is 5.91 Å². The number of carbonyl (C=O) groups excluding carboxylic acids is 7. The molecular formula is C31H41FN6O9S. The quantitative estimate of drug-likeness (QED) is 0.118. The lowest BCUT2D eigenvalue weighted by molar-refractivity contribution is -0.127. The second-order valence-electron chi connectivity index (χ2n) is 11.3. The SMILES string of the molecule is CCC(C(=O)Nc1sc(C(=O)NCCNC(=O)CNC(=O)CNC(=O)CNC(=O)OC(C)(C)C)c(C)c1C(=O)OC)c1ccc(F)cc1. The molecule has 2 aromatic rings. The molecule has 48 heavy (non-hydrogen) atoms. The number of esters is 1. The molecule has 0 saturated heterocycles. The summed E-state index contributed by atoms with van der Waals surface area (Å²) in [5.74, 6) is -4.69. The van der Waals surface area contributed by atoms with E-state index in [1.54, 1.807) is 27.7 Å². The van der Waals surface area contributed by atoms with E-state index in [1.165, 1.54) is 38.3 Å². The lowest BCUT2D eigenvalue weighted by atomic mass is 9.95. The Balaban J connectivity index is 1.84. The van der Waals surface area contributed by atoms with Crippen LogP contribution in [-0.4, -0.2) is 87.0 Å². The summed E-state index contributed by atoms with van der Waals surface area (Å²) < 4.78 is 23.3. The van der Waals surface area contributed by atoms with Gasteiger partial charge in [0.1, 0.15) is 23.0 Å². The standard InChI is InChI=1S/C31H41FN6O9S/c1-7-20(18-8-10-19(32)11-9-18)26(42)38-28-24(29(44)46-6)17(2)25(48-28)27(43)34-13-12-33-21(39)14-35-22(40)15-36-23(41)16-37-30(45)47-31(3,4)5/h8-11,20H,7,12-16H2,1-6H3,(H,33,39)(H,34,43)(H,35,40)(H,36,41)(H,37,45)(H,38,42). The number of methoxy groups -OCH3 is 1.